The minimum absolute atomic E-state index is 0.0125. The van der Waals surface area contributed by atoms with Gasteiger partial charge >= 0.3 is 6.18 Å². The highest BCUT2D eigenvalue weighted by Gasteiger charge is 2.49. The van der Waals surface area contributed by atoms with E-state index in [0.29, 0.717) is 37.4 Å². The number of piperidine rings is 2. The Bertz CT molecular complexity index is 1340. The van der Waals surface area contributed by atoms with Crippen LogP contribution in [0.4, 0.5) is 36.4 Å². The van der Waals surface area contributed by atoms with E-state index in [2.05, 4.69) is 35.3 Å². The Hall–Kier alpha value is -3.41. The molecule has 0 radical (unpaired) electrons. The van der Waals surface area contributed by atoms with E-state index in [1.165, 1.54) is 6.42 Å². The van der Waals surface area contributed by atoms with Crippen LogP contribution < -0.4 is 20.4 Å². The number of carbonyl (C=O) groups excluding carboxylic acids is 1. The Morgan fingerprint density at radius 2 is 1.72 bits per heavy atom. The number of amides is 1. The summed E-state index contributed by atoms with van der Waals surface area (Å²) in [5.41, 5.74) is 1.81. The molecule has 6 heterocycles. The molecule has 9 nitrogen and oxygen atoms in total. The fraction of sp³-hybridized carbons (Fsp3) is 0.613. The van der Waals surface area contributed by atoms with Gasteiger partial charge in [-0.1, -0.05) is 31.4 Å². The number of nitrogens with zero attached hydrogens (tertiary/aromatic N) is 6. The second kappa shape index (κ2) is 11.3. The lowest BCUT2D eigenvalue weighted by Crippen LogP contribution is -2.69. The Morgan fingerprint density at radius 3 is 2.42 bits per heavy atom. The van der Waals surface area contributed by atoms with Crippen molar-refractivity contribution in [1.82, 2.24) is 25.2 Å². The molecule has 1 spiro atoms. The van der Waals surface area contributed by atoms with Crippen molar-refractivity contribution in [2.75, 3.05) is 47.8 Å². The molecule has 2 aromatic heterocycles. The fourth-order valence-corrected chi connectivity index (χ4v) is 7.80. The number of alkyl halides is 3. The molecule has 12 heteroatoms. The zero-order chi connectivity index (χ0) is 29.6. The number of hydrogen-bond acceptors (Lipinski definition) is 8. The predicted molar refractivity (Wildman–Crippen MR) is 159 cm³/mol. The van der Waals surface area contributed by atoms with Gasteiger partial charge in [-0.15, -0.1) is 0 Å². The first-order valence-electron chi connectivity index (χ1n) is 15.7. The van der Waals surface area contributed by atoms with Crippen LogP contribution in [0.25, 0.3) is 6.08 Å². The van der Waals surface area contributed by atoms with Gasteiger partial charge in [-0.2, -0.15) is 18.2 Å². The van der Waals surface area contributed by atoms with Crippen LogP contribution in [0.2, 0.25) is 0 Å². The summed E-state index contributed by atoms with van der Waals surface area (Å²) in [6.45, 7) is 3.41. The first-order valence-corrected chi connectivity index (χ1v) is 15.7. The normalized spacial score (nSPS) is 24.9. The summed E-state index contributed by atoms with van der Waals surface area (Å²) in [4.78, 5) is 33.7. The predicted octanol–water partition coefficient (Wildman–Crippen LogP) is 4.89. The summed E-state index contributed by atoms with van der Waals surface area (Å²) in [5, 5.41) is 6.40. The van der Waals surface area contributed by atoms with Crippen LogP contribution in [0.1, 0.15) is 63.4 Å². The quantitative estimate of drug-likeness (QED) is 0.516. The van der Waals surface area contributed by atoms with Gasteiger partial charge in [0.05, 0.1) is 23.3 Å². The number of hydrogen-bond donors (Lipinski definition) is 2. The van der Waals surface area contributed by atoms with Crippen LogP contribution in [0, 0.1) is 5.92 Å². The topological polar surface area (TPSA) is 89.5 Å². The van der Waals surface area contributed by atoms with Crippen LogP contribution >= 0.6 is 0 Å². The standard InChI is InChI=1S/C31H39F3N8O/c32-31(33,34)22-8-14-40(15-9-22)23-10-16-41(17-11-23)24-5-7-26(35-19-24)38-29-36-18-21-4-6-25-28(43)37-20-30(12-2-1-3-13-30)42(25)27(21)39-29/h4-7,18-19,22-23,25H,1-3,8-17,20H2,(H,37,43)(H,35,36,38,39). The maximum absolute atomic E-state index is 13.0. The molecule has 230 valence electrons. The highest BCUT2D eigenvalue weighted by atomic mass is 19.4. The minimum Gasteiger partial charge on any atom is -0.370 e. The molecule has 3 saturated heterocycles. The van der Waals surface area contributed by atoms with Crippen molar-refractivity contribution in [2.45, 2.75) is 81.6 Å². The molecule has 4 aliphatic heterocycles. The third kappa shape index (κ3) is 5.54. The SMILES string of the molecule is O=C1NCC2(CCCCC2)N2c3nc(Nc4ccc(N5CCC(N6CCC(C(F)(F)F)CC6)CC5)cn4)ncc3C=CC12. The number of carbonyl (C=O) groups is 1. The molecule has 7 rings (SSSR count). The smallest absolute Gasteiger partial charge is 0.370 e. The van der Waals surface area contributed by atoms with Gasteiger partial charge < -0.3 is 25.3 Å². The molecule has 2 aromatic rings. The number of aromatic nitrogens is 3. The van der Waals surface area contributed by atoms with Crippen molar-refractivity contribution in [3.05, 3.63) is 36.2 Å². The Labute approximate surface area is 249 Å². The van der Waals surface area contributed by atoms with Crippen LogP contribution in [0.5, 0.6) is 0 Å². The van der Waals surface area contributed by atoms with Crippen molar-refractivity contribution in [3.63, 3.8) is 0 Å². The molecule has 2 N–H and O–H groups in total. The van der Waals surface area contributed by atoms with E-state index >= 15 is 0 Å². The third-order valence-electron chi connectivity index (χ3n) is 10.2. The van der Waals surface area contributed by atoms with Crippen LogP contribution in [-0.4, -0.2) is 82.3 Å². The van der Waals surface area contributed by atoms with Crippen LogP contribution in [-0.2, 0) is 4.79 Å². The van der Waals surface area contributed by atoms with Gasteiger partial charge in [0.1, 0.15) is 17.7 Å². The maximum atomic E-state index is 13.0. The van der Waals surface area contributed by atoms with Gasteiger partial charge in [0, 0.05) is 37.4 Å². The molecule has 43 heavy (non-hydrogen) atoms. The van der Waals surface area contributed by atoms with Crippen molar-refractivity contribution >= 4 is 35.3 Å². The summed E-state index contributed by atoms with van der Waals surface area (Å²) in [5.74, 6) is 0.739. The zero-order valence-electron chi connectivity index (χ0n) is 24.3. The van der Waals surface area contributed by atoms with E-state index in [0.717, 1.165) is 68.7 Å². The van der Waals surface area contributed by atoms with Gasteiger partial charge in [0.2, 0.25) is 11.9 Å². The number of likely N-dealkylation sites (tertiary alicyclic amines) is 1. The van der Waals surface area contributed by atoms with E-state index in [9.17, 15) is 18.0 Å². The molecule has 1 atom stereocenters. The average molecular weight is 597 g/mol. The first kappa shape index (κ1) is 28.4. The number of anilines is 4. The summed E-state index contributed by atoms with van der Waals surface area (Å²) in [6.07, 6.45) is 11.3. The molecular formula is C31H39F3N8O. The monoisotopic (exact) mass is 596 g/mol. The summed E-state index contributed by atoms with van der Waals surface area (Å²) in [7, 11) is 0. The van der Waals surface area contributed by atoms with Gasteiger partial charge in [-0.25, -0.2) is 9.97 Å². The number of nitrogens with one attached hydrogen (secondary N) is 2. The largest absolute Gasteiger partial charge is 0.391 e. The van der Waals surface area contributed by atoms with Crippen LogP contribution in [0.3, 0.4) is 0 Å². The second-order valence-electron chi connectivity index (χ2n) is 12.7. The van der Waals surface area contributed by atoms with Crippen molar-refractivity contribution in [3.8, 4) is 0 Å². The summed E-state index contributed by atoms with van der Waals surface area (Å²) < 4.78 is 39.1. The number of fused-ring (bicyclic) bond motifs is 4. The van der Waals surface area contributed by atoms with E-state index in [4.69, 9.17) is 4.98 Å². The Kier molecular flexibility index (Phi) is 7.43. The molecule has 1 saturated carbocycles. The lowest BCUT2D eigenvalue weighted by Gasteiger charge is -2.54. The number of halogens is 3. The van der Waals surface area contributed by atoms with E-state index < -0.39 is 12.1 Å². The molecule has 1 aliphatic carbocycles. The molecule has 5 aliphatic rings. The molecule has 1 unspecified atom stereocenters. The first-order chi connectivity index (χ1) is 20.8. The van der Waals surface area contributed by atoms with Gasteiger partial charge in [-0.05, 0) is 63.7 Å². The second-order valence-corrected chi connectivity index (χ2v) is 12.7. The summed E-state index contributed by atoms with van der Waals surface area (Å²) >= 11 is 0. The molecular weight excluding hydrogens is 557 g/mol. The lowest BCUT2D eigenvalue weighted by atomic mass is 9.77. The highest BCUT2D eigenvalue weighted by Crippen LogP contribution is 2.43. The van der Waals surface area contributed by atoms with Crippen molar-refractivity contribution in [2.24, 2.45) is 5.92 Å². The van der Waals surface area contributed by atoms with Gasteiger partial charge in [0.25, 0.3) is 0 Å². The van der Waals surface area contributed by atoms with Crippen molar-refractivity contribution < 1.29 is 18.0 Å². The van der Waals surface area contributed by atoms with E-state index in [-0.39, 0.29) is 30.3 Å². The fourth-order valence-electron chi connectivity index (χ4n) is 7.80. The van der Waals surface area contributed by atoms with Crippen LogP contribution in [0.15, 0.2) is 30.6 Å². The Morgan fingerprint density at radius 1 is 0.953 bits per heavy atom. The summed E-state index contributed by atoms with van der Waals surface area (Å²) in [6, 6.07) is 3.93. The minimum atomic E-state index is -4.07. The lowest BCUT2D eigenvalue weighted by molar-refractivity contribution is -0.186. The average Bonchev–Trinajstić information content (AvgIpc) is 3.03. The molecule has 4 fully saturated rings. The molecule has 1 amide bonds. The number of rotatable bonds is 4. The highest BCUT2D eigenvalue weighted by molar-refractivity contribution is 5.93. The molecule has 0 bridgehead atoms. The Balaban J connectivity index is 0.991. The maximum Gasteiger partial charge on any atom is 0.391 e. The number of piperazine rings is 1. The van der Waals surface area contributed by atoms with E-state index in [1.54, 1.807) is 0 Å². The van der Waals surface area contributed by atoms with Gasteiger partial charge in [0.15, 0.2) is 0 Å². The molecule has 0 aromatic carbocycles. The third-order valence-corrected chi connectivity index (χ3v) is 10.2. The van der Waals surface area contributed by atoms with Crippen molar-refractivity contribution in [1.29, 1.82) is 0 Å². The van der Waals surface area contributed by atoms with E-state index in [1.807, 2.05) is 36.7 Å². The van der Waals surface area contributed by atoms with Gasteiger partial charge in [-0.3, -0.25) is 4.79 Å². The number of pyridine rings is 1. The zero-order valence-corrected chi connectivity index (χ0v) is 24.3.